The Morgan fingerprint density at radius 3 is 2.33 bits per heavy atom. The third-order valence-electron chi connectivity index (χ3n) is 2.19. The fraction of sp³-hybridized carbons (Fsp3) is 0.300. The lowest BCUT2D eigenvalue weighted by molar-refractivity contribution is -0.384. The van der Waals surface area contributed by atoms with Crippen LogP contribution in [0.5, 0.6) is 0 Å². The number of nitrogens with zero attached hydrogens (tertiary/aromatic N) is 1. The number of benzene rings is 1. The van der Waals surface area contributed by atoms with Crippen molar-refractivity contribution < 1.29 is 36.4 Å². The number of rotatable bonds is 4. The van der Waals surface area contributed by atoms with E-state index in [-0.39, 0.29) is 10.6 Å². The molecule has 0 aliphatic rings. The average Bonchev–Trinajstić information content (AvgIpc) is 2.35. The number of nitro groups is 1. The minimum absolute atomic E-state index is 0.169. The van der Waals surface area contributed by atoms with Crippen molar-refractivity contribution in [2.24, 2.45) is 0 Å². The number of hydrogen-bond donors (Lipinski definition) is 0. The third-order valence-corrected chi connectivity index (χ3v) is 2.51. The Kier molecular flexibility index (Phi) is 4.72. The van der Waals surface area contributed by atoms with E-state index in [0.29, 0.717) is 0 Å². The van der Waals surface area contributed by atoms with Crippen molar-refractivity contribution in [3.8, 4) is 0 Å². The maximum Gasteiger partial charge on any atom is 0.465 e. The first-order chi connectivity index (χ1) is 9.46. The zero-order chi connectivity index (χ0) is 16.4. The van der Waals surface area contributed by atoms with E-state index in [4.69, 9.17) is 11.6 Å². The minimum Gasteiger partial charge on any atom is -0.456 e. The van der Waals surface area contributed by atoms with Crippen LogP contribution in [0.2, 0.25) is 5.02 Å². The maximum absolute atomic E-state index is 12.6. The van der Waals surface area contributed by atoms with Crippen LogP contribution in [0, 0.1) is 10.1 Å². The summed E-state index contributed by atoms with van der Waals surface area (Å²) in [7, 11) is 0. The van der Waals surface area contributed by atoms with Crippen LogP contribution in [0.1, 0.15) is 5.56 Å². The molecule has 116 valence electrons. The van der Waals surface area contributed by atoms with Crippen molar-refractivity contribution in [2.75, 3.05) is 0 Å². The van der Waals surface area contributed by atoms with Crippen LogP contribution in [0.3, 0.4) is 0 Å². The van der Waals surface area contributed by atoms with E-state index < -0.39 is 35.3 Å². The molecule has 0 spiro atoms. The molecule has 5 nitrogen and oxygen atoms in total. The van der Waals surface area contributed by atoms with Crippen molar-refractivity contribution in [1.29, 1.82) is 0 Å². The fourth-order valence-corrected chi connectivity index (χ4v) is 1.33. The molecule has 0 aromatic heterocycles. The van der Waals surface area contributed by atoms with Crippen molar-refractivity contribution in [3.05, 3.63) is 38.9 Å². The SMILES string of the molecule is O=C(OCc1ccc(Cl)c([N+](=O)[O-])c1)C(F)(F)C(F)(F)F. The molecule has 0 bridgehead atoms. The Morgan fingerprint density at radius 1 is 1.29 bits per heavy atom. The highest BCUT2D eigenvalue weighted by Crippen LogP contribution is 2.36. The number of carbonyl (C=O) groups is 1. The van der Waals surface area contributed by atoms with Gasteiger partial charge in [-0.2, -0.15) is 22.0 Å². The number of halogens is 6. The number of alkyl halides is 5. The van der Waals surface area contributed by atoms with Gasteiger partial charge in [-0.05, 0) is 11.6 Å². The molecule has 1 aromatic rings. The number of esters is 1. The molecule has 11 heteroatoms. The second-order valence-corrected chi connectivity index (χ2v) is 4.10. The summed E-state index contributed by atoms with van der Waals surface area (Å²) in [5.74, 6) is -8.46. The van der Waals surface area contributed by atoms with E-state index in [1.54, 1.807) is 0 Å². The largest absolute Gasteiger partial charge is 0.465 e. The smallest absolute Gasteiger partial charge is 0.456 e. The van der Waals surface area contributed by atoms with Gasteiger partial charge in [0.15, 0.2) is 0 Å². The van der Waals surface area contributed by atoms with Gasteiger partial charge in [-0.15, -0.1) is 0 Å². The third kappa shape index (κ3) is 3.78. The molecule has 0 amide bonds. The predicted octanol–water partition coefficient (Wildman–Crippen LogP) is 3.49. The Bertz CT molecular complexity index is 575. The van der Waals surface area contributed by atoms with Gasteiger partial charge >= 0.3 is 18.1 Å². The zero-order valence-electron chi connectivity index (χ0n) is 9.79. The van der Waals surface area contributed by atoms with Gasteiger partial charge in [0.1, 0.15) is 11.6 Å². The molecule has 21 heavy (non-hydrogen) atoms. The lowest BCUT2D eigenvalue weighted by atomic mass is 10.2. The van der Waals surface area contributed by atoms with Gasteiger partial charge in [0.05, 0.1) is 4.92 Å². The lowest BCUT2D eigenvalue weighted by Crippen LogP contribution is -2.45. The molecule has 0 unspecified atom stereocenters. The van der Waals surface area contributed by atoms with Gasteiger partial charge in [-0.3, -0.25) is 10.1 Å². The molecule has 0 atom stereocenters. The van der Waals surface area contributed by atoms with E-state index in [2.05, 4.69) is 4.74 Å². The number of nitro benzene ring substituents is 1. The first kappa shape index (κ1) is 17.1. The summed E-state index contributed by atoms with van der Waals surface area (Å²) in [6, 6.07) is 2.89. The highest BCUT2D eigenvalue weighted by atomic mass is 35.5. The molecule has 0 N–H and O–H groups in total. The summed E-state index contributed by atoms with van der Waals surface area (Å²) in [5.41, 5.74) is -0.773. The van der Waals surface area contributed by atoms with Crippen molar-refractivity contribution >= 4 is 23.3 Å². The average molecular weight is 334 g/mol. The zero-order valence-corrected chi connectivity index (χ0v) is 10.5. The predicted molar refractivity (Wildman–Crippen MR) is 58.9 cm³/mol. The lowest BCUT2D eigenvalue weighted by Gasteiger charge is -2.17. The Balaban J connectivity index is 2.83. The van der Waals surface area contributed by atoms with Gasteiger partial charge in [-0.25, -0.2) is 4.79 Å². The monoisotopic (exact) mass is 333 g/mol. The molecule has 1 rings (SSSR count). The minimum atomic E-state index is -6.09. The van der Waals surface area contributed by atoms with Gasteiger partial charge < -0.3 is 4.74 Å². The van der Waals surface area contributed by atoms with Crippen LogP contribution < -0.4 is 0 Å². The first-order valence-corrected chi connectivity index (χ1v) is 5.39. The summed E-state index contributed by atoms with van der Waals surface area (Å²) >= 11 is 5.47. The maximum atomic E-state index is 12.6. The van der Waals surface area contributed by atoms with Crippen LogP contribution in [-0.2, 0) is 16.1 Å². The van der Waals surface area contributed by atoms with Crippen LogP contribution >= 0.6 is 11.6 Å². The second kappa shape index (κ2) is 5.80. The van der Waals surface area contributed by atoms with Gasteiger partial charge in [0.2, 0.25) is 0 Å². The standard InChI is InChI=1S/C10H5ClF5NO4/c11-6-2-1-5(3-7(6)17(19)20)4-21-8(18)9(12,13)10(14,15)16/h1-3H,4H2. The van der Waals surface area contributed by atoms with Gasteiger partial charge in [-0.1, -0.05) is 17.7 Å². The Hall–Kier alpha value is -1.97. The molecular weight excluding hydrogens is 329 g/mol. The molecule has 0 saturated carbocycles. The van der Waals surface area contributed by atoms with E-state index in [1.807, 2.05) is 0 Å². The molecule has 0 aliphatic carbocycles. The van der Waals surface area contributed by atoms with Crippen molar-refractivity contribution in [1.82, 2.24) is 0 Å². The van der Waals surface area contributed by atoms with Crippen molar-refractivity contribution in [2.45, 2.75) is 18.7 Å². The number of ether oxygens (including phenoxy) is 1. The van der Waals surface area contributed by atoms with Crippen LogP contribution in [0.4, 0.5) is 27.6 Å². The summed E-state index contributed by atoms with van der Waals surface area (Å²) in [6.07, 6.45) is -6.09. The van der Waals surface area contributed by atoms with Gasteiger partial charge in [0, 0.05) is 6.07 Å². The molecule has 0 heterocycles. The van der Waals surface area contributed by atoms with E-state index in [9.17, 15) is 36.9 Å². The van der Waals surface area contributed by atoms with Crippen molar-refractivity contribution in [3.63, 3.8) is 0 Å². The summed E-state index contributed by atoms with van der Waals surface area (Å²) in [4.78, 5) is 20.4. The summed E-state index contributed by atoms with van der Waals surface area (Å²) < 4.78 is 64.6. The summed E-state index contributed by atoms with van der Waals surface area (Å²) in [6.45, 7) is -0.998. The van der Waals surface area contributed by atoms with E-state index >= 15 is 0 Å². The van der Waals surface area contributed by atoms with Crippen LogP contribution in [-0.4, -0.2) is 23.0 Å². The van der Waals surface area contributed by atoms with Crippen LogP contribution in [0.25, 0.3) is 0 Å². The number of hydrogen-bond acceptors (Lipinski definition) is 4. The molecule has 1 aromatic carbocycles. The first-order valence-electron chi connectivity index (χ1n) is 5.01. The highest BCUT2D eigenvalue weighted by Gasteiger charge is 2.64. The Morgan fingerprint density at radius 2 is 1.86 bits per heavy atom. The molecule has 0 saturated heterocycles. The fourth-order valence-electron chi connectivity index (χ4n) is 1.14. The second-order valence-electron chi connectivity index (χ2n) is 3.69. The Labute approximate surface area is 118 Å². The molecule has 0 aliphatic heterocycles. The normalized spacial score (nSPS) is 12.1. The van der Waals surface area contributed by atoms with E-state index in [0.717, 1.165) is 18.2 Å². The number of carbonyl (C=O) groups excluding carboxylic acids is 1. The van der Waals surface area contributed by atoms with E-state index in [1.165, 1.54) is 0 Å². The van der Waals surface area contributed by atoms with Crippen LogP contribution in [0.15, 0.2) is 18.2 Å². The quantitative estimate of drug-likeness (QED) is 0.366. The topological polar surface area (TPSA) is 69.4 Å². The molecular formula is C10H5ClF5NO4. The highest BCUT2D eigenvalue weighted by molar-refractivity contribution is 6.32. The van der Waals surface area contributed by atoms with Gasteiger partial charge in [0.25, 0.3) is 5.69 Å². The molecule has 0 fully saturated rings. The molecule has 0 radical (unpaired) electrons. The summed E-state index contributed by atoms with van der Waals surface area (Å²) in [5, 5.41) is 10.3.